The SMILES string of the molecule is COc1cc(/C=C2/SC(=S)N(C(C(=O)O)c3ccccc3)C2=O)ccc1OCc1c(F)cccc1Cl. The molecule has 36 heavy (non-hydrogen) atoms. The van der Waals surface area contributed by atoms with Crippen LogP contribution in [0.2, 0.25) is 5.02 Å². The van der Waals surface area contributed by atoms with Gasteiger partial charge in [0.05, 0.1) is 17.0 Å². The minimum Gasteiger partial charge on any atom is -0.493 e. The maximum Gasteiger partial charge on any atom is 0.331 e. The number of amides is 1. The summed E-state index contributed by atoms with van der Waals surface area (Å²) in [7, 11) is 1.46. The molecule has 0 aromatic heterocycles. The molecule has 10 heteroatoms. The third-order valence-corrected chi connectivity index (χ3v) is 7.03. The quantitative estimate of drug-likeness (QED) is 0.272. The largest absolute Gasteiger partial charge is 0.493 e. The van der Waals surface area contributed by atoms with E-state index in [1.54, 1.807) is 60.7 Å². The highest BCUT2D eigenvalue weighted by Crippen LogP contribution is 2.39. The molecule has 1 N–H and O–H groups in total. The number of hydrogen-bond donors (Lipinski definition) is 1. The van der Waals surface area contributed by atoms with Gasteiger partial charge in [0, 0.05) is 5.56 Å². The summed E-state index contributed by atoms with van der Waals surface area (Å²) >= 11 is 12.4. The Hall–Kier alpha value is -3.40. The standard InChI is InChI=1S/C26H19ClFNO5S2/c1-33-21-12-15(10-11-20(21)34-14-17-18(27)8-5-9-19(17)28)13-22-24(30)29(26(35)36-22)23(25(31)32)16-6-3-2-4-7-16/h2-13,23H,14H2,1H3,(H,31,32)/b22-13+. The normalized spacial score (nSPS) is 15.3. The molecule has 1 amide bonds. The molecule has 1 aliphatic heterocycles. The topological polar surface area (TPSA) is 76.1 Å². The average molecular weight is 544 g/mol. The summed E-state index contributed by atoms with van der Waals surface area (Å²) in [5.41, 5.74) is 1.27. The Balaban J connectivity index is 1.57. The fraction of sp³-hybridized carbons (Fsp3) is 0.115. The number of methoxy groups -OCH3 is 1. The number of carboxylic acids is 1. The van der Waals surface area contributed by atoms with Gasteiger partial charge in [-0.05, 0) is 41.5 Å². The first-order valence-corrected chi connectivity index (χ1v) is 12.2. The summed E-state index contributed by atoms with van der Waals surface area (Å²) in [5, 5.41) is 10.1. The maximum absolute atomic E-state index is 14.1. The molecule has 1 unspecified atom stereocenters. The van der Waals surface area contributed by atoms with Crippen molar-refractivity contribution in [2.45, 2.75) is 12.6 Å². The van der Waals surface area contributed by atoms with Gasteiger partial charge in [-0.25, -0.2) is 9.18 Å². The lowest BCUT2D eigenvalue weighted by molar-refractivity contribution is -0.145. The fourth-order valence-corrected chi connectivity index (χ4v) is 5.14. The monoisotopic (exact) mass is 543 g/mol. The van der Waals surface area contributed by atoms with Crippen LogP contribution in [-0.4, -0.2) is 33.3 Å². The Kier molecular flexibility index (Phi) is 7.93. The lowest BCUT2D eigenvalue weighted by Gasteiger charge is -2.23. The summed E-state index contributed by atoms with van der Waals surface area (Å²) in [4.78, 5) is 26.6. The van der Waals surface area contributed by atoms with E-state index in [0.29, 0.717) is 22.6 Å². The number of halogens is 2. The molecule has 1 heterocycles. The van der Waals surface area contributed by atoms with Crippen molar-refractivity contribution in [3.63, 3.8) is 0 Å². The molecule has 4 rings (SSSR count). The zero-order valence-corrected chi connectivity index (χ0v) is 21.2. The number of aliphatic carboxylic acids is 1. The van der Waals surface area contributed by atoms with Crippen molar-refractivity contribution in [2.24, 2.45) is 0 Å². The predicted octanol–water partition coefficient (Wildman–Crippen LogP) is 6.09. The second kappa shape index (κ2) is 11.1. The first-order valence-electron chi connectivity index (χ1n) is 10.6. The van der Waals surface area contributed by atoms with Gasteiger partial charge in [0.25, 0.3) is 5.91 Å². The van der Waals surface area contributed by atoms with Crippen LogP contribution in [0.3, 0.4) is 0 Å². The number of nitrogens with zero attached hydrogens (tertiary/aromatic N) is 1. The van der Waals surface area contributed by atoms with E-state index in [9.17, 15) is 19.1 Å². The number of carbonyl (C=O) groups is 2. The summed E-state index contributed by atoms with van der Waals surface area (Å²) in [6.07, 6.45) is 1.60. The number of ether oxygens (including phenoxy) is 2. The first kappa shape index (κ1) is 25.7. The van der Waals surface area contributed by atoms with Crippen molar-refractivity contribution < 1.29 is 28.6 Å². The smallest absolute Gasteiger partial charge is 0.331 e. The third-order valence-electron chi connectivity index (χ3n) is 5.35. The molecule has 0 spiro atoms. The number of carbonyl (C=O) groups excluding carboxylic acids is 1. The molecule has 1 fully saturated rings. The summed E-state index contributed by atoms with van der Waals surface area (Å²) in [6.45, 7) is -0.101. The van der Waals surface area contributed by atoms with Crippen LogP contribution in [0, 0.1) is 5.82 Å². The molecule has 0 bridgehead atoms. The Morgan fingerprint density at radius 3 is 2.58 bits per heavy atom. The molecule has 184 valence electrons. The lowest BCUT2D eigenvalue weighted by atomic mass is 10.1. The summed E-state index contributed by atoms with van der Waals surface area (Å²) < 4.78 is 25.3. The Bertz CT molecular complexity index is 1350. The predicted molar refractivity (Wildman–Crippen MR) is 141 cm³/mol. The van der Waals surface area contributed by atoms with Gasteiger partial charge in [-0.15, -0.1) is 0 Å². The van der Waals surface area contributed by atoms with E-state index in [4.69, 9.17) is 33.3 Å². The number of rotatable bonds is 8. The third kappa shape index (κ3) is 5.38. The first-order chi connectivity index (χ1) is 17.3. The number of carboxylic acid groups (broad SMARTS) is 1. The van der Waals surface area contributed by atoms with Gasteiger partial charge in [0.1, 0.15) is 16.7 Å². The second-order valence-electron chi connectivity index (χ2n) is 7.60. The average Bonchev–Trinajstić information content (AvgIpc) is 3.12. The van der Waals surface area contributed by atoms with Crippen molar-refractivity contribution in [1.29, 1.82) is 0 Å². The van der Waals surface area contributed by atoms with Gasteiger partial charge in [0.15, 0.2) is 17.5 Å². The van der Waals surface area contributed by atoms with Gasteiger partial charge in [0.2, 0.25) is 0 Å². The summed E-state index contributed by atoms with van der Waals surface area (Å²) in [5.74, 6) is -1.45. The Morgan fingerprint density at radius 2 is 1.92 bits per heavy atom. The van der Waals surface area contributed by atoms with E-state index >= 15 is 0 Å². The number of thioether (sulfide) groups is 1. The highest BCUT2D eigenvalue weighted by atomic mass is 35.5. The second-order valence-corrected chi connectivity index (χ2v) is 9.69. The highest BCUT2D eigenvalue weighted by Gasteiger charge is 2.41. The lowest BCUT2D eigenvalue weighted by Crippen LogP contribution is -2.37. The van der Waals surface area contributed by atoms with Crippen LogP contribution in [0.15, 0.2) is 71.6 Å². The molecule has 1 aliphatic rings. The minimum atomic E-state index is -1.24. The van der Waals surface area contributed by atoms with Crippen molar-refractivity contribution in [2.75, 3.05) is 7.11 Å². The van der Waals surface area contributed by atoms with E-state index in [1.807, 2.05) is 0 Å². The van der Waals surface area contributed by atoms with Crippen molar-refractivity contribution >= 4 is 57.9 Å². The molecule has 0 radical (unpaired) electrons. The zero-order valence-electron chi connectivity index (χ0n) is 18.8. The van der Waals surface area contributed by atoms with E-state index in [0.717, 1.165) is 16.7 Å². The number of thiocarbonyl (C=S) groups is 1. The summed E-state index contributed by atoms with van der Waals surface area (Å²) in [6, 6.07) is 16.6. The van der Waals surface area contributed by atoms with E-state index in [1.165, 1.54) is 19.2 Å². The molecule has 1 atom stereocenters. The van der Waals surface area contributed by atoms with Crippen molar-refractivity contribution in [3.8, 4) is 11.5 Å². The van der Waals surface area contributed by atoms with Crippen LogP contribution in [0.4, 0.5) is 4.39 Å². The van der Waals surface area contributed by atoms with Crippen LogP contribution in [0.5, 0.6) is 11.5 Å². The molecular formula is C26H19ClFNO5S2. The molecule has 3 aromatic carbocycles. The molecule has 1 saturated heterocycles. The van der Waals surface area contributed by atoms with Crippen LogP contribution >= 0.6 is 35.6 Å². The Labute approximate surface area is 221 Å². The minimum absolute atomic E-state index is 0.101. The molecular weight excluding hydrogens is 525 g/mol. The van der Waals surface area contributed by atoms with Crippen molar-refractivity contribution in [3.05, 3.63) is 99.2 Å². The van der Waals surface area contributed by atoms with Gasteiger partial charge in [-0.3, -0.25) is 9.69 Å². The molecule has 6 nitrogen and oxygen atoms in total. The number of benzene rings is 3. The van der Waals surface area contributed by atoms with Crippen LogP contribution < -0.4 is 9.47 Å². The maximum atomic E-state index is 14.1. The highest BCUT2D eigenvalue weighted by molar-refractivity contribution is 8.26. The van der Waals surface area contributed by atoms with E-state index in [-0.39, 0.29) is 26.4 Å². The van der Waals surface area contributed by atoms with Gasteiger partial charge in [-0.2, -0.15) is 0 Å². The molecule has 3 aromatic rings. The van der Waals surface area contributed by atoms with Gasteiger partial charge < -0.3 is 14.6 Å². The van der Waals surface area contributed by atoms with E-state index in [2.05, 4.69) is 0 Å². The van der Waals surface area contributed by atoms with Crippen LogP contribution in [-0.2, 0) is 16.2 Å². The number of hydrogen-bond acceptors (Lipinski definition) is 6. The molecule has 0 saturated carbocycles. The van der Waals surface area contributed by atoms with Gasteiger partial charge in [-0.1, -0.05) is 78.0 Å². The Morgan fingerprint density at radius 1 is 1.17 bits per heavy atom. The van der Waals surface area contributed by atoms with Crippen LogP contribution in [0.25, 0.3) is 6.08 Å². The fourth-order valence-electron chi connectivity index (χ4n) is 3.60. The molecule has 0 aliphatic carbocycles. The van der Waals surface area contributed by atoms with Gasteiger partial charge >= 0.3 is 5.97 Å². The van der Waals surface area contributed by atoms with E-state index < -0.39 is 23.7 Å². The van der Waals surface area contributed by atoms with Crippen molar-refractivity contribution in [1.82, 2.24) is 4.90 Å². The van der Waals surface area contributed by atoms with Crippen LogP contribution in [0.1, 0.15) is 22.7 Å². The zero-order chi connectivity index (χ0) is 25.8.